The second-order valence-corrected chi connectivity index (χ2v) is 6.30. The number of rotatable bonds is 3. The molecule has 0 aliphatic heterocycles. The van der Waals surface area contributed by atoms with E-state index < -0.39 is 6.10 Å². The summed E-state index contributed by atoms with van der Waals surface area (Å²) in [5.41, 5.74) is 5.95. The van der Waals surface area contributed by atoms with Crippen LogP contribution < -0.4 is 0 Å². The number of imidazole rings is 1. The SMILES string of the molecule is Cc1cc(C)c(C(O)c2ccc(-n3ccnc3)c(Cl)c2)c(C)c1. The molecule has 0 radical (unpaired) electrons. The molecule has 3 rings (SSSR count). The predicted octanol–water partition coefficient (Wildman–Crippen LogP) is 4.53. The minimum Gasteiger partial charge on any atom is -0.384 e. The summed E-state index contributed by atoms with van der Waals surface area (Å²) >= 11 is 6.40. The molecular weight excluding hydrogens is 308 g/mol. The van der Waals surface area contributed by atoms with Gasteiger partial charge in [-0.05, 0) is 55.2 Å². The Morgan fingerprint density at radius 3 is 2.35 bits per heavy atom. The van der Waals surface area contributed by atoms with Crippen molar-refractivity contribution in [2.24, 2.45) is 0 Å². The largest absolute Gasteiger partial charge is 0.384 e. The molecule has 0 bridgehead atoms. The number of hydrogen-bond donors (Lipinski definition) is 1. The number of aliphatic hydroxyl groups excluding tert-OH is 1. The zero-order valence-corrected chi connectivity index (χ0v) is 14.2. The maximum atomic E-state index is 10.8. The molecule has 0 saturated heterocycles. The van der Waals surface area contributed by atoms with Gasteiger partial charge in [-0.2, -0.15) is 0 Å². The summed E-state index contributed by atoms with van der Waals surface area (Å²) < 4.78 is 1.85. The Bertz CT molecular complexity index is 818. The lowest BCUT2D eigenvalue weighted by atomic mass is 9.92. The lowest BCUT2D eigenvalue weighted by molar-refractivity contribution is 0.219. The van der Waals surface area contributed by atoms with Crippen LogP contribution in [0.3, 0.4) is 0 Å². The predicted molar refractivity (Wildman–Crippen MR) is 93.3 cm³/mol. The van der Waals surface area contributed by atoms with Crippen LogP contribution >= 0.6 is 11.6 Å². The lowest BCUT2D eigenvalue weighted by Gasteiger charge is -2.19. The zero-order chi connectivity index (χ0) is 16.6. The molecule has 0 spiro atoms. The molecule has 1 heterocycles. The van der Waals surface area contributed by atoms with Crippen molar-refractivity contribution in [2.45, 2.75) is 26.9 Å². The standard InChI is InChI=1S/C19H19ClN2O/c1-12-8-13(2)18(14(3)9-12)19(23)15-4-5-17(16(20)10-15)22-7-6-21-11-22/h4-11,19,23H,1-3H3. The summed E-state index contributed by atoms with van der Waals surface area (Å²) in [4.78, 5) is 4.03. The van der Waals surface area contributed by atoms with E-state index in [1.54, 1.807) is 12.5 Å². The highest BCUT2D eigenvalue weighted by atomic mass is 35.5. The van der Waals surface area contributed by atoms with Crippen molar-refractivity contribution in [3.05, 3.63) is 81.9 Å². The van der Waals surface area contributed by atoms with Crippen LogP contribution in [-0.2, 0) is 0 Å². The van der Waals surface area contributed by atoms with Crippen LogP contribution in [0.25, 0.3) is 5.69 Å². The Kier molecular flexibility index (Phi) is 4.24. The van der Waals surface area contributed by atoms with Gasteiger partial charge in [0.05, 0.1) is 17.0 Å². The Balaban J connectivity index is 2.01. The average Bonchev–Trinajstić information content (AvgIpc) is 2.99. The van der Waals surface area contributed by atoms with E-state index in [9.17, 15) is 5.11 Å². The maximum absolute atomic E-state index is 10.8. The molecule has 1 aromatic heterocycles. The molecule has 0 fully saturated rings. The Morgan fingerprint density at radius 1 is 1.09 bits per heavy atom. The van der Waals surface area contributed by atoms with Crippen molar-refractivity contribution in [3.8, 4) is 5.69 Å². The van der Waals surface area contributed by atoms with Gasteiger partial charge >= 0.3 is 0 Å². The summed E-state index contributed by atoms with van der Waals surface area (Å²) in [7, 11) is 0. The summed E-state index contributed by atoms with van der Waals surface area (Å²) in [6.07, 6.45) is 4.56. The van der Waals surface area contributed by atoms with E-state index >= 15 is 0 Å². The van der Waals surface area contributed by atoms with E-state index in [0.29, 0.717) is 5.02 Å². The fourth-order valence-corrected chi connectivity index (χ4v) is 3.38. The summed E-state index contributed by atoms with van der Waals surface area (Å²) in [6.45, 7) is 6.12. The van der Waals surface area contributed by atoms with Crippen LogP contribution in [0, 0.1) is 20.8 Å². The number of aromatic nitrogens is 2. The van der Waals surface area contributed by atoms with Crippen molar-refractivity contribution < 1.29 is 5.11 Å². The molecule has 23 heavy (non-hydrogen) atoms. The van der Waals surface area contributed by atoms with Gasteiger partial charge in [-0.25, -0.2) is 4.98 Å². The van der Waals surface area contributed by atoms with Gasteiger partial charge in [-0.15, -0.1) is 0 Å². The van der Waals surface area contributed by atoms with E-state index in [-0.39, 0.29) is 0 Å². The normalized spacial score (nSPS) is 12.4. The van der Waals surface area contributed by atoms with Crippen LogP contribution in [0.4, 0.5) is 0 Å². The Hall–Kier alpha value is -2.10. The molecule has 2 aromatic carbocycles. The van der Waals surface area contributed by atoms with E-state index in [2.05, 4.69) is 24.0 Å². The monoisotopic (exact) mass is 326 g/mol. The molecule has 1 N–H and O–H groups in total. The molecule has 0 amide bonds. The molecule has 3 aromatic rings. The lowest BCUT2D eigenvalue weighted by Crippen LogP contribution is -2.06. The zero-order valence-electron chi connectivity index (χ0n) is 13.4. The first-order valence-corrected chi connectivity index (χ1v) is 7.88. The molecule has 4 heteroatoms. The minimum atomic E-state index is -0.690. The van der Waals surface area contributed by atoms with Gasteiger partial charge in [0.25, 0.3) is 0 Å². The molecule has 1 unspecified atom stereocenters. The minimum absolute atomic E-state index is 0.585. The average molecular weight is 327 g/mol. The second-order valence-electron chi connectivity index (χ2n) is 5.90. The molecule has 3 nitrogen and oxygen atoms in total. The number of halogens is 1. The third kappa shape index (κ3) is 3.03. The molecule has 0 aliphatic carbocycles. The highest BCUT2D eigenvalue weighted by Crippen LogP contribution is 2.32. The van der Waals surface area contributed by atoms with Crippen molar-refractivity contribution in [1.29, 1.82) is 0 Å². The van der Waals surface area contributed by atoms with Gasteiger partial charge in [0, 0.05) is 12.4 Å². The van der Waals surface area contributed by atoms with Gasteiger partial charge < -0.3 is 9.67 Å². The number of aliphatic hydroxyl groups is 1. The molecular formula is C19H19ClN2O. The van der Waals surface area contributed by atoms with Crippen molar-refractivity contribution in [1.82, 2.24) is 9.55 Å². The van der Waals surface area contributed by atoms with E-state index in [4.69, 9.17) is 11.6 Å². The number of aryl methyl sites for hydroxylation is 3. The quantitative estimate of drug-likeness (QED) is 0.767. The summed E-state index contributed by atoms with van der Waals surface area (Å²) in [5, 5.41) is 11.4. The fourth-order valence-electron chi connectivity index (χ4n) is 3.09. The molecule has 1 atom stereocenters. The smallest absolute Gasteiger partial charge is 0.105 e. The van der Waals surface area contributed by atoms with Crippen LogP contribution in [0.15, 0.2) is 49.1 Å². The fraction of sp³-hybridized carbons (Fsp3) is 0.211. The molecule has 118 valence electrons. The van der Waals surface area contributed by atoms with Gasteiger partial charge in [-0.1, -0.05) is 35.4 Å². The Labute approximate surface area is 141 Å². The van der Waals surface area contributed by atoms with E-state index in [0.717, 1.165) is 27.9 Å². The van der Waals surface area contributed by atoms with Crippen molar-refractivity contribution in [2.75, 3.05) is 0 Å². The highest BCUT2D eigenvalue weighted by Gasteiger charge is 2.17. The summed E-state index contributed by atoms with van der Waals surface area (Å²) in [5.74, 6) is 0. The summed E-state index contributed by atoms with van der Waals surface area (Å²) in [6, 6.07) is 9.81. The van der Waals surface area contributed by atoms with Crippen LogP contribution in [0.5, 0.6) is 0 Å². The van der Waals surface area contributed by atoms with Crippen molar-refractivity contribution >= 4 is 11.6 Å². The topological polar surface area (TPSA) is 38.0 Å². The number of nitrogens with zero attached hydrogens (tertiary/aromatic N) is 2. The highest BCUT2D eigenvalue weighted by molar-refractivity contribution is 6.32. The first-order valence-electron chi connectivity index (χ1n) is 7.51. The maximum Gasteiger partial charge on any atom is 0.105 e. The van der Waals surface area contributed by atoms with Gasteiger partial charge in [-0.3, -0.25) is 0 Å². The van der Waals surface area contributed by atoms with Gasteiger partial charge in [0.1, 0.15) is 6.10 Å². The first kappa shape index (κ1) is 15.8. The van der Waals surface area contributed by atoms with Crippen LogP contribution in [-0.4, -0.2) is 14.7 Å². The molecule has 0 saturated carbocycles. The van der Waals surface area contributed by atoms with E-state index in [1.807, 2.05) is 42.8 Å². The van der Waals surface area contributed by atoms with Crippen LogP contribution in [0.2, 0.25) is 5.02 Å². The third-order valence-electron chi connectivity index (χ3n) is 4.08. The van der Waals surface area contributed by atoms with Crippen molar-refractivity contribution in [3.63, 3.8) is 0 Å². The van der Waals surface area contributed by atoms with Gasteiger partial charge in [0.15, 0.2) is 0 Å². The third-order valence-corrected chi connectivity index (χ3v) is 4.38. The van der Waals surface area contributed by atoms with E-state index in [1.165, 1.54) is 5.56 Å². The number of hydrogen-bond acceptors (Lipinski definition) is 2. The van der Waals surface area contributed by atoms with Crippen LogP contribution in [0.1, 0.15) is 33.9 Å². The molecule has 0 aliphatic rings. The number of benzene rings is 2. The second kappa shape index (κ2) is 6.19. The first-order chi connectivity index (χ1) is 11.0. The Morgan fingerprint density at radius 2 is 1.78 bits per heavy atom. The van der Waals surface area contributed by atoms with Gasteiger partial charge in [0.2, 0.25) is 0 Å².